The third-order valence-corrected chi connectivity index (χ3v) is 5.19. The van der Waals surface area contributed by atoms with Crippen LogP contribution in [0.5, 0.6) is 11.5 Å². The first-order chi connectivity index (χ1) is 13.5. The third kappa shape index (κ3) is 4.02. The van der Waals surface area contributed by atoms with Crippen molar-refractivity contribution in [3.8, 4) is 11.5 Å². The molecule has 0 fully saturated rings. The van der Waals surface area contributed by atoms with Crippen LogP contribution in [0.3, 0.4) is 0 Å². The minimum absolute atomic E-state index is 0.166. The molecule has 0 saturated heterocycles. The Morgan fingerprint density at radius 3 is 2.43 bits per heavy atom. The Bertz CT molecular complexity index is 1090. The summed E-state index contributed by atoms with van der Waals surface area (Å²) in [4.78, 5) is 12.5. The van der Waals surface area contributed by atoms with Crippen LogP contribution in [0, 0.1) is 0 Å². The highest BCUT2D eigenvalue weighted by Crippen LogP contribution is 2.35. The molecule has 0 radical (unpaired) electrons. The van der Waals surface area contributed by atoms with Gasteiger partial charge in [-0.1, -0.05) is 53.0 Å². The summed E-state index contributed by atoms with van der Waals surface area (Å²) < 4.78 is 11.5. The number of Topliss-reactive ketones (excluding diaryl/α,β-unsaturated/α-hetero) is 1. The fourth-order valence-electron chi connectivity index (χ4n) is 2.76. The SMILES string of the molecule is O=C1/C(=C/c2ccc(Cl)cc2)Oc2cc(OCc3ccc(Cl)c(Cl)c3)ccc21. The zero-order valence-corrected chi connectivity index (χ0v) is 16.7. The van der Waals surface area contributed by atoms with E-state index in [0.29, 0.717) is 38.7 Å². The third-order valence-electron chi connectivity index (χ3n) is 4.20. The van der Waals surface area contributed by atoms with Crippen molar-refractivity contribution < 1.29 is 14.3 Å². The lowest BCUT2D eigenvalue weighted by Crippen LogP contribution is -1.98. The van der Waals surface area contributed by atoms with Crippen LogP contribution in [0.2, 0.25) is 15.1 Å². The number of rotatable bonds is 4. The maximum Gasteiger partial charge on any atom is 0.231 e. The topological polar surface area (TPSA) is 35.5 Å². The zero-order valence-electron chi connectivity index (χ0n) is 14.4. The van der Waals surface area contributed by atoms with E-state index >= 15 is 0 Å². The molecule has 3 nitrogen and oxygen atoms in total. The second-order valence-corrected chi connectivity index (χ2v) is 7.44. The number of carbonyl (C=O) groups is 1. The van der Waals surface area contributed by atoms with Gasteiger partial charge in [0.2, 0.25) is 5.78 Å². The summed E-state index contributed by atoms with van der Waals surface area (Å²) in [6.07, 6.45) is 1.69. The molecule has 0 unspecified atom stereocenters. The van der Waals surface area contributed by atoms with Crippen molar-refractivity contribution in [2.24, 2.45) is 0 Å². The van der Waals surface area contributed by atoms with Crippen molar-refractivity contribution in [3.63, 3.8) is 0 Å². The lowest BCUT2D eigenvalue weighted by Gasteiger charge is -2.08. The average Bonchev–Trinajstić information content (AvgIpc) is 2.99. The van der Waals surface area contributed by atoms with Gasteiger partial charge in [0.15, 0.2) is 5.76 Å². The van der Waals surface area contributed by atoms with Crippen LogP contribution >= 0.6 is 34.8 Å². The van der Waals surface area contributed by atoms with E-state index in [-0.39, 0.29) is 11.5 Å². The second-order valence-electron chi connectivity index (χ2n) is 6.19. The quantitative estimate of drug-likeness (QED) is 0.424. The molecule has 1 aliphatic heterocycles. The Balaban J connectivity index is 1.50. The van der Waals surface area contributed by atoms with Crippen LogP contribution in [0.25, 0.3) is 6.08 Å². The molecule has 0 spiro atoms. The summed E-state index contributed by atoms with van der Waals surface area (Å²) in [7, 11) is 0. The Morgan fingerprint density at radius 1 is 0.893 bits per heavy atom. The van der Waals surface area contributed by atoms with Gasteiger partial charge in [-0.25, -0.2) is 0 Å². The van der Waals surface area contributed by atoms with Crippen molar-refractivity contribution in [1.82, 2.24) is 0 Å². The van der Waals surface area contributed by atoms with E-state index in [1.54, 1.807) is 48.5 Å². The largest absolute Gasteiger partial charge is 0.489 e. The first-order valence-corrected chi connectivity index (χ1v) is 9.53. The number of ether oxygens (including phenoxy) is 2. The van der Waals surface area contributed by atoms with E-state index in [1.165, 1.54) is 0 Å². The van der Waals surface area contributed by atoms with E-state index in [1.807, 2.05) is 18.2 Å². The summed E-state index contributed by atoms with van der Waals surface area (Å²) in [5.74, 6) is 1.15. The molecule has 0 amide bonds. The summed E-state index contributed by atoms with van der Waals surface area (Å²) in [6.45, 7) is 0.317. The fraction of sp³-hybridized carbons (Fsp3) is 0.0455. The van der Waals surface area contributed by atoms with Gasteiger partial charge in [-0.15, -0.1) is 0 Å². The van der Waals surface area contributed by atoms with Gasteiger partial charge in [0.1, 0.15) is 18.1 Å². The van der Waals surface area contributed by atoms with Crippen molar-refractivity contribution in [2.75, 3.05) is 0 Å². The Labute approximate surface area is 177 Å². The Hall–Kier alpha value is -2.46. The number of allylic oxidation sites excluding steroid dienone is 1. The predicted octanol–water partition coefficient (Wildman–Crippen LogP) is 6.84. The summed E-state index contributed by atoms with van der Waals surface area (Å²) in [5, 5.41) is 1.60. The minimum Gasteiger partial charge on any atom is -0.489 e. The summed E-state index contributed by atoms with van der Waals surface area (Å²) in [5.41, 5.74) is 2.22. The van der Waals surface area contributed by atoms with Crippen LogP contribution in [0.4, 0.5) is 0 Å². The standard InChI is InChI=1S/C22H13Cl3O3/c23-15-4-1-13(2-5-15)10-21-22(26)17-7-6-16(11-20(17)28-21)27-12-14-3-8-18(24)19(25)9-14/h1-11H,12H2/b21-10-. The molecule has 0 atom stereocenters. The molecule has 0 saturated carbocycles. The highest BCUT2D eigenvalue weighted by molar-refractivity contribution is 6.42. The first kappa shape index (κ1) is 18.9. The molecule has 3 aromatic rings. The lowest BCUT2D eigenvalue weighted by molar-refractivity contribution is 0.101. The molecule has 1 heterocycles. The van der Waals surface area contributed by atoms with Gasteiger partial charge in [0.25, 0.3) is 0 Å². The second kappa shape index (κ2) is 7.88. The molecule has 4 rings (SSSR count). The maximum atomic E-state index is 12.5. The van der Waals surface area contributed by atoms with Crippen molar-refractivity contribution >= 4 is 46.7 Å². The van der Waals surface area contributed by atoms with Crippen LogP contribution in [-0.4, -0.2) is 5.78 Å². The van der Waals surface area contributed by atoms with Gasteiger partial charge in [0, 0.05) is 11.1 Å². The lowest BCUT2D eigenvalue weighted by atomic mass is 10.1. The number of carbonyl (C=O) groups excluding carboxylic acids is 1. The highest BCUT2D eigenvalue weighted by Gasteiger charge is 2.27. The average molecular weight is 432 g/mol. The van der Waals surface area contributed by atoms with Crippen LogP contribution in [0.1, 0.15) is 21.5 Å². The van der Waals surface area contributed by atoms with Crippen LogP contribution < -0.4 is 9.47 Å². The molecule has 0 aromatic heterocycles. The van der Waals surface area contributed by atoms with E-state index in [0.717, 1.165) is 11.1 Å². The number of benzene rings is 3. The summed E-state index contributed by atoms with van der Waals surface area (Å²) in [6, 6.07) is 17.6. The van der Waals surface area contributed by atoms with Gasteiger partial charge >= 0.3 is 0 Å². The molecule has 28 heavy (non-hydrogen) atoms. The van der Waals surface area contributed by atoms with Crippen LogP contribution in [0.15, 0.2) is 66.4 Å². The molecule has 0 aliphatic carbocycles. The number of fused-ring (bicyclic) bond motifs is 1. The van der Waals surface area contributed by atoms with E-state index in [9.17, 15) is 4.79 Å². The minimum atomic E-state index is -0.166. The molecular weight excluding hydrogens is 419 g/mol. The molecule has 1 aliphatic rings. The van der Waals surface area contributed by atoms with Crippen molar-refractivity contribution in [3.05, 3.63) is 98.2 Å². The van der Waals surface area contributed by atoms with Gasteiger partial charge in [-0.3, -0.25) is 4.79 Å². The van der Waals surface area contributed by atoms with Crippen molar-refractivity contribution in [1.29, 1.82) is 0 Å². The molecule has 3 aromatic carbocycles. The Morgan fingerprint density at radius 2 is 1.68 bits per heavy atom. The fourth-order valence-corrected chi connectivity index (χ4v) is 3.21. The molecular formula is C22H13Cl3O3. The van der Waals surface area contributed by atoms with Gasteiger partial charge in [0.05, 0.1) is 15.6 Å². The van der Waals surface area contributed by atoms with Gasteiger partial charge in [-0.05, 0) is 53.6 Å². The monoisotopic (exact) mass is 430 g/mol. The smallest absolute Gasteiger partial charge is 0.231 e. The molecule has 0 bridgehead atoms. The zero-order chi connectivity index (χ0) is 19.7. The van der Waals surface area contributed by atoms with Gasteiger partial charge in [-0.2, -0.15) is 0 Å². The molecule has 6 heteroatoms. The Kier molecular flexibility index (Phi) is 5.31. The van der Waals surface area contributed by atoms with E-state index in [2.05, 4.69) is 0 Å². The molecule has 140 valence electrons. The molecule has 0 N–H and O–H groups in total. The number of hydrogen-bond donors (Lipinski definition) is 0. The number of halogens is 3. The van der Waals surface area contributed by atoms with E-state index < -0.39 is 0 Å². The van der Waals surface area contributed by atoms with Crippen LogP contribution in [-0.2, 0) is 6.61 Å². The van der Waals surface area contributed by atoms with Crippen molar-refractivity contribution in [2.45, 2.75) is 6.61 Å². The maximum absolute atomic E-state index is 12.5. The number of ketones is 1. The van der Waals surface area contributed by atoms with Gasteiger partial charge < -0.3 is 9.47 Å². The summed E-state index contributed by atoms with van der Waals surface area (Å²) >= 11 is 17.8. The normalized spacial score (nSPS) is 14.1. The first-order valence-electron chi connectivity index (χ1n) is 8.40. The van der Waals surface area contributed by atoms with E-state index in [4.69, 9.17) is 44.3 Å². The number of hydrogen-bond acceptors (Lipinski definition) is 3. The predicted molar refractivity (Wildman–Crippen MR) is 112 cm³/mol. The highest BCUT2D eigenvalue weighted by atomic mass is 35.5.